The minimum absolute atomic E-state index is 0.329. The monoisotopic (exact) mass is 200 g/mol. The van der Waals surface area contributed by atoms with Crippen LogP contribution in [0.2, 0.25) is 0 Å². The predicted molar refractivity (Wildman–Crippen MR) is 54.9 cm³/mol. The molecule has 1 amide bonds. The summed E-state index contributed by atoms with van der Waals surface area (Å²) in [6.45, 7) is 3.10. The zero-order valence-corrected chi connectivity index (χ0v) is 8.79. The maximum atomic E-state index is 11.0. The number of nitrogens with two attached hydrogens (primary N) is 1. The maximum absolute atomic E-state index is 11.0. The first-order valence-corrected chi connectivity index (χ1v) is 5.38. The number of carbonyl (C=O) groups is 1. The van der Waals surface area contributed by atoms with Crippen molar-refractivity contribution in [1.29, 1.82) is 0 Å². The van der Waals surface area contributed by atoms with Crippen molar-refractivity contribution in [3.63, 3.8) is 0 Å². The highest BCUT2D eigenvalue weighted by atomic mass is 16.5. The van der Waals surface area contributed by atoms with Crippen LogP contribution in [0.1, 0.15) is 32.6 Å². The molecule has 0 aliphatic heterocycles. The number of hydrogen-bond acceptors (Lipinski definition) is 3. The van der Waals surface area contributed by atoms with Crippen molar-refractivity contribution in [2.24, 2.45) is 5.73 Å². The highest BCUT2D eigenvalue weighted by Gasteiger charge is 2.19. The fourth-order valence-corrected chi connectivity index (χ4v) is 1.78. The van der Waals surface area contributed by atoms with Crippen molar-refractivity contribution in [1.82, 2.24) is 5.32 Å². The van der Waals surface area contributed by atoms with E-state index in [0.717, 1.165) is 19.4 Å². The Balaban J connectivity index is 2.21. The fraction of sp³-hybridized carbons (Fsp3) is 0.900. The zero-order chi connectivity index (χ0) is 10.4. The van der Waals surface area contributed by atoms with Gasteiger partial charge in [-0.15, -0.1) is 0 Å². The van der Waals surface area contributed by atoms with E-state index in [0.29, 0.717) is 12.7 Å². The minimum atomic E-state index is -0.333. The Morgan fingerprint density at radius 3 is 2.71 bits per heavy atom. The lowest BCUT2D eigenvalue weighted by Crippen LogP contribution is -2.45. The van der Waals surface area contributed by atoms with Gasteiger partial charge < -0.3 is 15.8 Å². The van der Waals surface area contributed by atoms with Gasteiger partial charge in [0.25, 0.3) is 0 Å². The quantitative estimate of drug-likeness (QED) is 0.652. The standard InChI is InChI=1S/C10H20N2O2/c1-2-12-9(10(11)13)7-14-8-5-3-4-6-8/h8-9,12H,2-7H2,1H3,(H2,11,13). The summed E-state index contributed by atoms with van der Waals surface area (Å²) >= 11 is 0. The molecule has 0 aromatic heterocycles. The Morgan fingerprint density at radius 1 is 1.57 bits per heavy atom. The van der Waals surface area contributed by atoms with E-state index in [4.69, 9.17) is 10.5 Å². The van der Waals surface area contributed by atoms with E-state index in [1.165, 1.54) is 12.8 Å². The van der Waals surface area contributed by atoms with E-state index < -0.39 is 0 Å². The van der Waals surface area contributed by atoms with E-state index in [9.17, 15) is 4.79 Å². The topological polar surface area (TPSA) is 64.3 Å². The Kier molecular flexibility index (Phi) is 4.90. The summed E-state index contributed by atoms with van der Waals surface area (Å²) in [6, 6.07) is -0.333. The van der Waals surface area contributed by atoms with Gasteiger partial charge in [0.15, 0.2) is 0 Å². The molecule has 0 saturated heterocycles. The summed E-state index contributed by atoms with van der Waals surface area (Å²) in [5.74, 6) is -0.329. The summed E-state index contributed by atoms with van der Waals surface area (Å²) in [7, 11) is 0. The molecule has 0 aromatic carbocycles. The van der Waals surface area contributed by atoms with E-state index in [1.54, 1.807) is 0 Å². The molecule has 1 aliphatic carbocycles. The van der Waals surface area contributed by atoms with Crippen LogP contribution >= 0.6 is 0 Å². The molecule has 0 radical (unpaired) electrons. The largest absolute Gasteiger partial charge is 0.376 e. The molecule has 4 heteroatoms. The maximum Gasteiger partial charge on any atom is 0.236 e. The number of rotatable bonds is 6. The third-order valence-electron chi connectivity index (χ3n) is 2.59. The van der Waals surface area contributed by atoms with Gasteiger partial charge >= 0.3 is 0 Å². The van der Waals surface area contributed by atoms with Crippen molar-refractivity contribution in [3.8, 4) is 0 Å². The average molecular weight is 200 g/mol. The van der Waals surface area contributed by atoms with Crippen LogP contribution in [0.3, 0.4) is 0 Å². The Labute approximate surface area is 85.2 Å². The smallest absolute Gasteiger partial charge is 0.236 e. The van der Waals surface area contributed by atoms with E-state index in [2.05, 4.69) is 5.32 Å². The Bertz CT molecular complexity index is 179. The van der Waals surface area contributed by atoms with E-state index in [1.807, 2.05) is 6.92 Å². The summed E-state index contributed by atoms with van der Waals surface area (Å²) < 4.78 is 5.62. The lowest BCUT2D eigenvalue weighted by atomic mass is 10.2. The number of nitrogens with one attached hydrogen (secondary N) is 1. The molecular weight excluding hydrogens is 180 g/mol. The summed E-state index contributed by atoms with van der Waals surface area (Å²) in [6.07, 6.45) is 5.07. The van der Waals surface area contributed by atoms with Crippen molar-refractivity contribution in [2.45, 2.75) is 44.8 Å². The number of ether oxygens (including phenoxy) is 1. The highest BCUT2D eigenvalue weighted by molar-refractivity contribution is 5.79. The van der Waals surface area contributed by atoms with Crippen LogP contribution in [0.15, 0.2) is 0 Å². The van der Waals surface area contributed by atoms with Crippen LogP contribution in [0.5, 0.6) is 0 Å². The molecular formula is C10H20N2O2. The molecule has 1 aliphatic rings. The second-order valence-corrected chi connectivity index (χ2v) is 3.75. The number of primary amides is 1. The third kappa shape index (κ3) is 3.64. The van der Waals surface area contributed by atoms with Crippen LogP contribution in [-0.4, -0.2) is 31.2 Å². The zero-order valence-electron chi connectivity index (χ0n) is 8.79. The SMILES string of the molecule is CCNC(COC1CCCC1)C(N)=O. The summed E-state index contributed by atoms with van der Waals surface area (Å²) in [4.78, 5) is 11.0. The van der Waals surface area contributed by atoms with Crippen LogP contribution in [-0.2, 0) is 9.53 Å². The van der Waals surface area contributed by atoms with Crippen molar-refractivity contribution in [2.75, 3.05) is 13.2 Å². The highest BCUT2D eigenvalue weighted by Crippen LogP contribution is 2.20. The third-order valence-corrected chi connectivity index (χ3v) is 2.59. The van der Waals surface area contributed by atoms with Crippen LogP contribution < -0.4 is 11.1 Å². The molecule has 82 valence electrons. The first kappa shape index (κ1) is 11.5. The van der Waals surface area contributed by atoms with Crippen molar-refractivity contribution < 1.29 is 9.53 Å². The van der Waals surface area contributed by atoms with Crippen molar-refractivity contribution in [3.05, 3.63) is 0 Å². The Morgan fingerprint density at radius 2 is 2.21 bits per heavy atom. The van der Waals surface area contributed by atoms with Crippen LogP contribution in [0.25, 0.3) is 0 Å². The molecule has 1 saturated carbocycles. The van der Waals surface area contributed by atoms with Crippen LogP contribution in [0, 0.1) is 0 Å². The molecule has 0 spiro atoms. The van der Waals surface area contributed by atoms with Gasteiger partial charge in [-0.2, -0.15) is 0 Å². The second kappa shape index (κ2) is 5.98. The predicted octanol–water partition coefficient (Wildman–Crippen LogP) is 0.409. The molecule has 1 rings (SSSR count). The van der Waals surface area contributed by atoms with Crippen LogP contribution in [0.4, 0.5) is 0 Å². The van der Waals surface area contributed by atoms with Gasteiger partial charge in [-0.1, -0.05) is 19.8 Å². The first-order valence-electron chi connectivity index (χ1n) is 5.38. The van der Waals surface area contributed by atoms with Gasteiger partial charge in [0.05, 0.1) is 12.7 Å². The number of likely N-dealkylation sites (N-methyl/N-ethyl adjacent to an activating group) is 1. The second-order valence-electron chi connectivity index (χ2n) is 3.75. The fourth-order valence-electron chi connectivity index (χ4n) is 1.78. The molecule has 0 bridgehead atoms. The molecule has 1 unspecified atom stereocenters. The molecule has 14 heavy (non-hydrogen) atoms. The minimum Gasteiger partial charge on any atom is -0.376 e. The first-order chi connectivity index (χ1) is 6.74. The number of hydrogen-bond donors (Lipinski definition) is 2. The van der Waals surface area contributed by atoms with E-state index in [-0.39, 0.29) is 11.9 Å². The Hall–Kier alpha value is -0.610. The molecule has 3 N–H and O–H groups in total. The normalized spacial score (nSPS) is 19.8. The van der Waals surface area contributed by atoms with Gasteiger partial charge in [-0.05, 0) is 19.4 Å². The molecule has 4 nitrogen and oxygen atoms in total. The lowest BCUT2D eigenvalue weighted by Gasteiger charge is -2.17. The molecule has 0 aromatic rings. The number of amides is 1. The van der Waals surface area contributed by atoms with Gasteiger partial charge in [-0.3, -0.25) is 4.79 Å². The van der Waals surface area contributed by atoms with E-state index >= 15 is 0 Å². The van der Waals surface area contributed by atoms with Crippen molar-refractivity contribution >= 4 is 5.91 Å². The van der Waals surface area contributed by atoms with Gasteiger partial charge in [-0.25, -0.2) is 0 Å². The average Bonchev–Trinajstić information content (AvgIpc) is 2.64. The van der Waals surface area contributed by atoms with Gasteiger partial charge in [0.1, 0.15) is 6.04 Å². The lowest BCUT2D eigenvalue weighted by molar-refractivity contribution is -0.122. The van der Waals surface area contributed by atoms with Gasteiger partial charge in [0, 0.05) is 0 Å². The van der Waals surface area contributed by atoms with Gasteiger partial charge in [0.2, 0.25) is 5.91 Å². The molecule has 0 heterocycles. The number of carbonyl (C=O) groups excluding carboxylic acids is 1. The molecule has 1 fully saturated rings. The summed E-state index contributed by atoms with van der Waals surface area (Å²) in [5, 5.41) is 3.01. The molecule has 1 atom stereocenters. The summed E-state index contributed by atoms with van der Waals surface area (Å²) in [5.41, 5.74) is 5.23.